The summed E-state index contributed by atoms with van der Waals surface area (Å²) in [6, 6.07) is 0. The zero-order chi connectivity index (χ0) is 9.03. The molecule has 1 rings (SSSR count). The summed E-state index contributed by atoms with van der Waals surface area (Å²) in [5.74, 6) is 0.575. The lowest BCUT2D eigenvalue weighted by molar-refractivity contribution is 0.197. The predicted octanol–water partition coefficient (Wildman–Crippen LogP) is 1.98. The number of hydrogen-bond acceptors (Lipinski definition) is 2. The summed E-state index contributed by atoms with van der Waals surface area (Å²) in [6.45, 7) is 2.15. The highest BCUT2D eigenvalue weighted by Gasteiger charge is 2.30. The third-order valence-electron chi connectivity index (χ3n) is 3.05. The van der Waals surface area contributed by atoms with Gasteiger partial charge in [-0.1, -0.05) is 32.6 Å². The fraction of sp³-hybridized carbons (Fsp3) is 1.00. The molecule has 0 spiro atoms. The van der Waals surface area contributed by atoms with Gasteiger partial charge in [-0.3, -0.25) is 0 Å². The maximum atomic E-state index is 6.08. The molecule has 0 aromatic carbocycles. The quantitative estimate of drug-likeness (QED) is 0.636. The Kier molecular flexibility index (Phi) is 3.53. The molecule has 0 heterocycles. The van der Waals surface area contributed by atoms with Crippen LogP contribution in [0.3, 0.4) is 0 Å². The Balaban J connectivity index is 2.41. The molecule has 0 atom stereocenters. The standard InChI is InChI=1S/C10H22N2/c1-2-8-10(11,12)9-6-4-3-5-7-9/h9H,2-8,11-12H2,1H3. The maximum absolute atomic E-state index is 6.08. The van der Waals surface area contributed by atoms with Crippen LogP contribution in [0.5, 0.6) is 0 Å². The van der Waals surface area contributed by atoms with Crippen molar-refractivity contribution in [1.29, 1.82) is 0 Å². The van der Waals surface area contributed by atoms with E-state index >= 15 is 0 Å². The minimum Gasteiger partial charge on any atom is -0.313 e. The first kappa shape index (κ1) is 10.0. The van der Waals surface area contributed by atoms with E-state index in [2.05, 4.69) is 6.92 Å². The van der Waals surface area contributed by atoms with Crippen molar-refractivity contribution in [2.45, 2.75) is 57.5 Å². The Morgan fingerprint density at radius 1 is 1.17 bits per heavy atom. The van der Waals surface area contributed by atoms with Gasteiger partial charge in [-0.2, -0.15) is 0 Å². The largest absolute Gasteiger partial charge is 0.313 e. The zero-order valence-corrected chi connectivity index (χ0v) is 8.18. The van der Waals surface area contributed by atoms with Crippen LogP contribution in [0.2, 0.25) is 0 Å². The summed E-state index contributed by atoms with van der Waals surface area (Å²) in [5, 5.41) is 0. The summed E-state index contributed by atoms with van der Waals surface area (Å²) in [6.07, 6.45) is 8.58. The van der Waals surface area contributed by atoms with Crippen molar-refractivity contribution in [2.75, 3.05) is 0 Å². The van der Waals surface area contributed by atoms with Gasteiger partial charge in [-0.05, 0) is 25.2 Å². The fourth-order valence-corrected chi connectivity index (χ4v) is 2.28. The molecule has 1 aliphatic rings. The van der Waals surface area contributed by atoms with Crippen LogP contribution in [0.1, 0.15) is 51.9 Å². The minimum atomic E-state index is -0.380. The summed E-state index contributed by atoms with van der Waals surface area (Å²) < 4.78 is 0. The van der Waals surface area contributed by atoms with E-state index in [9.17, 15) is 0 Å². The molecule has 0 saturated heterocycles. The fourth-order valence-electron chi connectivity index (χ4n) is 2.28. The third-order valence-corrected chi connectivity index (χ3v) is 3.05. The molecule has 0 bridgehead atoms. The van der Waals surface area contributed by atoms with E-state index in [-0.39, 0.29) is 5.66 Å². The van der Waals surface area contributed by atoms with Gasteiger partial charge >= 0.3 is 0 Å². The van der Waals surface area contributed by atoms with E-state index in [0.29, 0.717) is 5.92 Å². The second kappa shape index (κ2) is 4.24. The molecule has 2 heteroatoms. The van der Waals surface area contributed by atoms with Crippen LogP contribution in [-0.4, -0.2) is 5.66 Å². The van der Waals surface area contributed by atoms with Crippen molar-refractivity contribution >= 4 is 0 Å². The molecule has 72 valence electrons. The smallest absolute Gasteiger partial charge is 0.0665 e. The van der Waals surface area contributed by atoms with Gasteiger partial charge in [0.1, 0.15) is 0 Å². The Labute approximate surface area is 75.7 Å². The highest BCUT2D eigenvalue weighted by molar-refractivity contribution is 4.86. The molecule has 12 heavy (non-hydrogen) atoms. The lowest BCUT2D eigenvalue weighted by atomic mass is 9.79. The predicted molar refractivity (Wildman–Crippen MR) is 52.6 cm³/mol. The highest BCUT2D eigenvalue weighted by atomic mass is 15.0. The Hall–Kier alpha value is -0.0800. The molecule has 2 nitrogen and oxygen atoms in total. The van der Waals surface area contributed by atoms with Gasteiger partial charge in [0.25, 0.3) is 0 Å². The van der Waals surface area contributed by atoms with Crippen LogP contribution >= 0.6 is 0 Å². The maximum Gasteiger partial charge on any atom is 0.0665 e. The average molecular weight is 170 g/mol. The Morgan fingerprint density at radius 2 is 1.75 bits per heavy atom. The average Bonchev–Trinajstić information content (AvgIpc) is 2.06. The van der Waals surface area contributed by atoms with E-state index in [1.165, 1.54) is 32.1 Å². The molecular weight excluding hydrogens is 148 g/mol. The topological polar surface area (TPSA) is 52.0 Å². The minimum absolute atomic E-state index is 0.380. The van der Waals surface area contributed by atoms with Crippen LogP contribution < -0.4 is 11.5 Å². The Bertz CT molecular complexity index is 126. The first-order chi connectivity index (χ1) is 5.67. The summed E-state index contributed by atoms with van der Waals surface area (Å²) >= 11 is 0. The molecule has 1 saturated carbocycles. The monoisotopic (exact) mass is 170 g/mol. The Morgan fingerprint density at radius 3 is 2.25 bits per heavy atom. The van der Waals surface area contributed by atoms with E-state index in [1.807, 2.05) is 0 Å². The molecule has 1 fully saturated rings. The van der Waals surface area contributed by atoms with Gasteiger partial charge in [0.15, 0.2) is 0 Å². The van der Waals surface area contributed by atoms with Crippen molar-refractivity contribution < 1.29 is 0 Å². The molecule has 0 aliphatic heterocycles. The van der Waals surface area contributed by atoms with Gasteiger partial charge in [0, 0.05) is 0 Å². The van der Waals surface area contributed by atoms with Gasteiger partial charge in [0.05, 0.1) is 5.66 Å². The van der Waals surface area contributed by atoms with Crippen LogP contribution in [0.4, 0.5) is 0 Å². The molecule has 0 radical (unpaired) electrons. The molecule has 0 unspecified atom stereocenters. The summed E-state index contributed by atoms with van der Waals surface area (Å²) in [7, 11) is 0. The number of nitrogens with two attached hydrogens (primary N) is 2. The van der Waals surface area contributed by atoms with Crippen molar-refractivity contribution in [3.05, 3.63) is 0 Å². The second-order valence-corrected chi connectivity index (χ2v) is 4.20. The lowest BCUT2D eigenvalue weighted by Crippen LogP contribution is -2.55. The number of hydrogen-bond donors (Lipinski definition) is 2. The van der Waals surface area contributed by atoms with Crippen molar-refractivity contribution in [2.24, 2.45) is 17.4 Å². The first-order valence-electron chi connectivity index (χ1n) is 5.24. The molecule has 0 amide bonds. The molecular formula is C10H22N2. The van der Waals surface area contributed by atoms with E-state index < -0.39 is 0 Å². The molecule has 4 N–H and O–H groups in total. The van der Waals surface area contributed by atoms with Crippen molar-refractivity contribution in [1.82, 2.24) is 0 Å². The normalized spacial score (nSPS) is 21.2. The number of rotatable bonds is 3. The van der Waals surface area contributed by atoms with Crippen LogP contribution in [0.25, 0.3) is 0 Å². The third kappa shape index (κ3) is 2.46. The summed E-state index contributed by atoms with van der Waals surface area (Å²) in [4.78, 5) is 0. The van der Waals surface area contributed by atoms with Crippen LogP contribution in [-0.2, 0) is 0 Å². The lowest BCUT2D eigenvalue weighted by Gasteiger charge is -2.36. The second-order valence-electron chi connectivity index (χ2n) is 4.20. The van der Waals surface area contributed by atoms with Gasteiger partial charge in [-0.15, -0.1) is 0 Å². The first-order valence-corrected chi connectivity index (χ1v) is 5.24. The molecule has 0 aromatic heterocycles. The summed E-state index contributed by atoms with van der Waals surface area (Å²) in [5.41, 5.74) is 11.8. The van der Waals surface area contributed by atoms with E-state index in [1.54, 1.807) is 0 Å². The van der Waals surface area contributed by atoms with Crippen LogP contribution in [0.15, 0.2) is 0 Å². The van der Waals surface area contributed by atoms with Gasteiger partial charge in [0.2, 0.25) is 0 Å². The highest BCUT2D eigenvalue weighted by Crippen LogP contribution is 2.30. The van der Waals surface area contributed by atoms with E-state index in [0.717, 1.165) is 12.8 Å². The van der Waals surface area contributed by atoms with Crippen LogP contribution in [0, 0.1) is 5.92 Å². The van der Waals surface area contributed by atoms with Crippen molar-refractivity contribution in [3.63, 3.8) is 0 Å². The van der Waals surface area contributed by atoms with E-state index in [4.69, 9.17) is 11.5 Å². The molecule has 1 aliphatic carbocycles. The van der Waals surface area contributed by atoms with Gasteiger partial charge < -0.3 is 11.5 Å². The SMILES string of the molecule is CCCC(N)(N)C1CCCCC1. The zero-order valence-electron chi connectivity index (χ0n) is 8.18. The molecule has 0 aromatic rings. The van der Waals surface area contributed by atoms with Crippen molar-refractivity contribution in [3.8, 4) is 0 Å². The van der Waals surface area contributed by atoms with Gasteiger partial charge in [-0.25, -0.2) is 0 Å².